The smallest absolute Gasteiger partial charge is 0.0187 e. The zero-order chi connectivity index (χ0) is 12.0. The lowest BCUT2D eigenvalue weighted by Crippen LogP contribution is -2.25. The Morgan fingerprint density at radius 2 is 1.50 bits per heavy atom. The monoisotopic (exact) mass is 201 g/mol. The minimum Gasteiger partial charge on any atom is -0.300 e. The molecule has 0 aromatic rings. The van der Waals surface area contributed by atoms with E-state index in [0.717, 1.165) is 13.1 Å². The molecule has 0 rings (SSSR count). The zero-order valence-electron chi connectivity index (χ0n) is 11.5. The predicted octanol–water partition coefficient (Wildman–Crippen LogP) is 4.35. The molecule has 0 N–H and O–H groups in total. The Balaban J connectivity index is -0.000000266. The van der Waals surface area contributed by atoms with Gasteiger partial charge < -0.3 is 0 Å². The Labute approximate surface area is 92.2 Å². The third-order valence-electron chi connectivity index (χ3n) is 1.48. The van der Waals surface area contributed by atoms with E-state index in [1.54, 1.807) is 0 Å². The van der Waals surface area contributed by atoms with Gasteiger partial charge in [0.2, 0.25) is 0 Å². The van der Waals surface area contributed by atoms with Gasteiger partial charge in [0.15, 0.2) is 0 Å². The van der Waals surface area contributed by atoms with E-state index in [4.69, 9.17) is 0 Å². The fraction of sp³-hybridized carbons (Fsp3) is 0.846. The van der Waals surface area contributed by atoms with Crippen LogP contribution in [0.15, 0.2) is 12.2 Å². The average molecular weight is 201 g/mol. The van der Waals surface area contributed by atoms with Gasteiger partial charge in [-0.2, -0.15) is 0 Å². The molecule has 0 saturated carbocycles. The first-order valence-corrected chi connectivity index (χ1v) is 6.07. The molecule has 0 aliphatic heterocycles. The number of hydrogen-bond acceptors (Lipinski definition) is 1. The summed E-state index contributed by atoms with van der Waals surface area (Å²) < 4.78 is 0. The highest BCUT2D eigenvalue weighted by atomic mass is 15.1. The van der Waals surface area contributed by atoms with Crippen LogP contribution in [-0.2, 0) is 0 Å². The zero-order valence-corrected chi connectivity index (χ0v) is 11.5. The molecule has 88 valence electrons. The summed E-state index contributed by atoms with van der Waals surface area (Å²) in [6.45, 7) is 21.8. The second-order valence-corrected chi connectivity index (χ2v) is 2.83. The molecule has 1 nitrogen and oxygen atoms in total. The molecule has 14 heavy (non-hydrogen) atoms. The van der Waals surface area contributed by atoms with Crippen molar-refractivity contribution in [3.63, 3.8) is 0 Å². The van der Waals surface area contributed by atoms with E-state index in [1.165, 1.54) is 18.5 Å². The third kappa shape index (κ3) is 17.7. The Kier molecular flexibility index (Phi) is 25.5. The fourth-order valence-corrected chi connectivity index (χ4v) is 1.05. The summed E-state index contributed by atoms with van der Waals surface area (Å²) in [7, 11) is 0. The van der Waals surface area contributed by atoms with E-state index >= 15 is 0 Å². The maximum absolute atomic E-state index is 3.88. The van der Waals surface area contributed by atoms with E-state index in [0.29, 0.717) is 0 Å². The number of hydrogen-bond donors (Lipinski definition) is 0. The van der Waals surface area contributed by atoms with Crippen molar-refractivity contribution in [1.29, 1.82) is 0 Å². The van der Waals surface area contributed by atoms with Gasteiger partial charge in [-0.3, -0.25) is 4.90 Å². The molecule has 0 unspecified atom stereocenters. The van der Waals surface area contributed by atoms with Crippen molar-refractivity contribution in [1.82, 2.24) is 4.90 Å². The molecule has 0 atom stereocenters. The average Bonchev–Trinajstić information content (AvgIpc) is 2.22. The molecular formula is C13H31N. The van der Waals surface area contributed by atoms with Crippen molar-refractivity contribution < 1.29 is 0 Å². The molecule has 0 aliphatic rings. The first kappa shape index (κ1) is 19.3. The van der Waals surface area contributed by atoms with Gasteiger partial charge >= 0.3 is 0 Å². The summed E-state index contributed by atoms with van der Waals surface area (Å²) in [5, 5.41) is 0. The summed E-state index contributed by atoms with van der Waals surface area (Å²) in [5.41, 5.74) is 1.26. The van der Waals surface area contributed by atoms with E-state index in [-0.39, 0.29) is 0 Å². The minimum absolute atomic E-state index is 1.06. The molecular weight excluding hydrogens is 170 g/mol. The van der Waals surface area contributed by atoms with Gasteiger partial charge in [-0.25, -0.2) is 0 Å². The standard InChI is InChI=1S/C9H19N.2C2H6/c1-5-7-10(6-2)8-9(3)4;2*1-2/h3,5-8H2,1-2,4H3;2*1-2H3. The molecule has 0 aliphatic carbocycles. The van der Waals surface area contributed by atoms with Gasteiger partial charge in [0.1, 0.15) is 0 Å². The van der Waals surface area contributed by atoms with Crippen LogP contribution in [0.4, 0.5) is 0 Å². The summed E-state index contributed by atoms with van der Waals surface area (Å²) in [5.74, 6) is 0. The Bertz CT molecular complexity index is 97.4. The van der Waals surface area contributed by atoms with Gasteiger partial charge in [0.25, 0.3) is 0 Å². The predicted molar refractivity (Wildman–Crippen MR) is 69.9 cm³/mol. The van der Waals surface area contributed by atoms with Crippen LogP contribution in [0.1, 0.15) is 54.9 Å². The highest BCUT2D eigenvalue weighted by Gasteiger charge is 1.98. The van der Waals surface area contributed by atoms with Gasteiger partial charge in [-0.1, -0.05) is 53.7 Å². The van der Waals surface area contributed by atoms with E-state index < -0.39 is 0 Å². The van der Waals surface area contributed by atoms with E-state index in [9.17, 15) is 0 Å². The molecule has 0 saturated heterocycles. The Morgan fingerprint density at radius 1 is 1.07 bits per heavy atom. The van der Waals surface area contributed by atoms with Crippen molar-refractivity contribution in [3.8, 4) is 0 Å². The van der Waals surface area contributed by atoms with Crippen LogP contribution in [0, 0.1) is 0 Å². The Hall–Kier alpha value is -0.300. The van der Waals surface area contributed by atoms with Gasteiger partial charge in [0, 0.05) is 6.54 Å². The first-order valence-electron chi connectivity index (χ1n) is 6.07. The van der Waals surface area contributed by atoms with Crippen LogP contribution in [0.3, 0.4) is 0 Å². The van der Waals surface area contributed by atoms with Gasteiger partial charge in [-0.15, -0.1) is 0 Å². The first-order chi connectivity index (χ1) is 6.70. The van der Waals surface area contributed by atoms with Crippen molar-refractivity contribution >= 4 is 0 Å². The number of likely N-dealkylation sites (N-methyl/N-ethyl adjacent to an activating group) is 1. The van der Waals surface area contributed by atoms with Crippen LogP contribution < -0.4 is 0 Å². The van der Waals surface area contributed by atoms with Gasteiger partial charge in [-0.05, 0) is 26.4 Å². The normalized spacial score (nSPS) is 8.29. The maximum Gasteiger partial charge on any atom is 0.0187 e. The molecule has 0 heterocycles. The van der Waals surface area contributed by atoms with Crippen LogP contribution in [0.25, 0.3) is 0 Å². The van der Waals surface area contributed by atoms with Crippen LogP contribution >= 0.6 is 0 Å². The quantitative estimate of drug-likeness (QED) is 0.598. The second-order valence-electron chi connectivity index (χ2n) is 2.83. The van der Waals surface area contributed by atoms with E-state index in [1.807, 2.05) is 27.7 Å². The number of rotatable bonds is 5. The highest BCUT2D eigenvalue weighted by Crippen LogP contribution is 1.95. The fourth-order valence-electron chi connectivity index (χ4n) is 1.05. The maximum atomic E-state index is 3.88. The van der Waals surface area contributed by atoms with Crippen molar-refractivity contribution in [3.05, 3.63) is 12.2 Å². The molecule has 0 spiro atoms. The summed E-state index contributed by atoms with van der Waals surface area (Å²) in [6, 6.07) is 0. The lowest BCUT2D eigenvalue weighted by Gasteiger charge is -2.18. The molecule has 1 heteroatoms. The molecule has 0 amide bonds. The van der Waals surface area contributed by atoms with Crippen molar-refractivity contribution in [2.45, 2.75) is 54.9 Å². The Morgan fingerprint density at radius 3 is 1.71 bits per heavy atom. The molecule has 0 fully saturated rings. The second kappa shape index (κ2) is 18.5. The van der Waals surface area contributed by atoms with Crippen molar-refractivity contribution in [2.24, 2.45) is 0 Å². The minimum atomic E-state index is 1.06. The largest absolute Gasteiger partial charge is 0.300 e. The summed E-state index contributed by atoms with van der Waals surface area (Å²) >= 11 is 0. The van der Waals surface area contributed by atoms with E-state index in [2.05, 4.69) is 32.3 Å². The van der Waals surface area contributed by atoms with Crippen LogP contribution in [-0.4, -0.2) is 24.5 Å². The van der Waals surface area contributed by atoms with Gasteiger partial charge in [0.05, 0.1) is 0 Å². The highest BCUT2D eigenvalue weighted by molar-refractivity contribution is 4.91. The molecule has 0 aromatic heterocycles. The molecule has 0 radical (unpaired) electrons. The van der Waals surface area contributed by atoms with Crippen LogP contribution in [0.5, 0.6) is 0 Å². The lowest BCUT2D eigenvalue weighted by atomic mass is 10.3. The topological polar surface area (TPSA) is 3.24 Å². The third-order valence-corrected chi connectivity index (χ3v) is 1.48. The van der Waals surface area contributed by atoms with Crippen molar-refractivity contribution in [2.75, 3.05) is 19.6 Å². The molecule has 0 bridgehead atoms. The lowest BCUT2D eigenvalue weighted by molar-refractivity contribution is 0.313. The van der Waals surface area contributed by atoms with Crippen LogP contribution in [0.2, 0.25) is 0 Å². The molecule has 0 aromatic carbocycles. The SMILES string of the molecule is C=C(C)CN(CC)CCC.CC.CC. The number of nitrogens with zero attached hydrogens (tertiary/aromatic N) is 1. The summed E-state index contributed by atoms with van der Waals surface area (Å²) in [6.07, 6.45) is 1.24. The summed E-state index contributed by atoms with van der Waals surface area (Å²) in [4.78, 5) is 2.41.